The Hall–Kier alpha value is -0.590. The van der Waals surface area contributed by atoms with E-state index < -0.39 is 0 Å². The Kier molecular flexibility index (Phi) is 3.34. The molecule has 10 heavy (non-hydrogen) atoms. The summed E-state index contributed by atoms with van der Waals surface area (Å²) in [7, 11) is 0. The van der Waals surface area contributed by atoms with E-state index in [1.165, 1.54) is 0 Å². The van der Waals surface area contributed by atoms with E-state index in [1.807, 2.05) is 6.92 Å². The van der Waals surface area contributed by atoms with Crippen LogP contribution in [0, 0.1) is 5.41 Å². The Balaban J connectivity index is 3.81. The minimum atomic E-state index is 0.122. The van der Waals surface area contributed by atoms with Crippen molar-refractivity contribution in [2.24, 2.45) is 5.41 Å². The van der Waals surface area contributed by atoms with Gasteiger partial charge in [-0.05, 0) is 18.4 Å². The number of ketones is 1. The number of rotatable bonds is 2. The molecule has 0 radical (unpaired) electrons. The normalized spacial score (nSPS) is 12.4. The van der Waals surface area contributed by atoms with Gasteiger partial charge in [-0.15, -0.1) is 0 Å². The molecule has 0 N–H and O–H groups in total. The number of carbonyl (C=O) groups excluding carboxylic acids is 1. The van der Waals surface area contributed by atoms with E-state index in [2.05, 4.69) is 20.8 Å². The minimum Gasteiger partial charge on any atom is -0.295 e. The monoisotopic (exact) mass is 140 g/mol. The summed E-state index contributed by atoms with van der Waals surface area (Å²) in [5.41, 5.74) is 0.122. The van der Waals surface area contributed by atoms with Gasteiger partial charge in [0.05, 0.1) is 0 Å². The van der Waals surface area contributed by atoms with Crippen molar-refractivity contribution >= 4 is 5.78 Å². The van der Waals surface area contributed by atoms with Gasteiger partial charge in [-0.2, -0.15) is 0 Å². The van der Waals surface area contributed by atoms with E-state index in [0.717, 1.165) is 0 Å². The molecule has 0 aliphatic heterocycles. The summed E-state index contributed by atoms with van der Waals surface area (Å²) in [5.74, 6) is 0.218. The van der Waals surface area contributed by atoms with Gasteiger partial charge in [-0.3, -0.25) is 4.79 Å². The molecule has 1 heteroatoms. The van der Waals surface area contributed by atoms with Crippen LogP contribution in [0.4, 0.5) is 0 Å². The molecule has 0 saturated heterocycles. The smallest absolute Gasteiger partial charge is 0.155 e. The average Bonchev–Trinajstić information content (AvgIpc) is 1.59. The van der Waals surface area contributed by atoms with E-state index >= 15 is 0 Å². The first-order valence-electron chi connectivity index (χ1n) is 3.61. The highest BCUT2D eigenvalue weighted by atomic mass is 16.1. The second-order valence-electron chi connectivity index (χ2n) is 3.70. The van der Waals surface area contributed by atoms with Crippen molar-refractivity contribution in [2.45, 2.75) is 34.1 Å². The zero-order chi connectivity index (χ0) is 8.20. The summed E-state index contributed by atoms with van der Waals surface area (Å²) in [6, 6.07) is 0. The highest BCUT2D eigenvalue weighted by Crippen LogP contribution is 2.18. The quantitative estimate of drug-likeness (QED) is 0.539. The van der Waals surface area contributed by atoms with E-state index in [1.54, 1.807) is 12.2 Å². The summed E-state index contributed by atoms with van der Waals surface area (Å²) in [6.45, 7) is 8.05. The third-order valence-corrected chi connectivity index (χ3v) is 1.06. The van der Waals surface area contributed by atoms with Crippen molar-refractivity contribution < 1.29 is 4.79 Å². The molecule has 0 aliphatic rings. The molecule has 0 bridgehead atoms. The van der Waals surface area contributed by atoms with Crippen LogP contribution in [-0.2, 0) is 4.79 Å². The van der Waals surface area contributed by atoms with Crippen LogP contribution >= 0.6 is 0 Å². The van der Waals surface area contributed by atoms with Crippen LogP contribution in [0.3, 0.4) is 0 Å². The highest BCUT2D eigenvalue weighted by molar-refractivity contribution is 5.89. The van der Waals surface area contributed by atoms with Crippen molar-refractivity contribution in [3.63, 3.8) is 0 Å². The van der Waals surface area contributed by atoms with Gasteiger partial charge in [0.2, 0.25) is 0 Å². The first-order chi connectivity index (χ1) is 4.45. The summed E-state index contributed by atoms with van der Waals surface area (Å²) >= 11 is 0. The number of hydrogen-bond acceptors (Lipinski definition) is 1. The van der Waals surface area contributed by atoms with Crippen LogP contribution in [-0.4, -0.2) is 5.78 Å². The summed E-state index contributed by atoms with van der Waals surface area (Å²) < 4.78 is 0. The first-order valence-corrected chi connectivity index (χ1v) is 3.61. The van der Waals surface area contributed by atoms with Gasteiger partial charge >= 0.3 is 0 Å². The highest BCUT2D eigenvalue weighted by Gasteiger charge is 2.13. The van der Waals surface area contributed by atoms with Gasteiger partial charge in [-0.1, -0.05) is 26.8 Å². The fourth-order valence-corrected chi connectivity index (χ4v) is 0.768. The van der Waals surface area contributed by atoms with E-state index in [0.29, 0.717) is 6.42 Å². The molecule has 0 rings (SSSR count). The Labute approximate surface area is 63.1 Å². The first kappa shape index (κ1) is 9.41. The molecule has 0 aromatic carbocycles. The van der Waals surface area contributed by atoms with Crippen LogP contribution in [0.15, 0.2) is 12.2 Å². The molecule has 1 nitrogen and oxygen atoms in total. The molecule has 0 spiro atoms. The number of carbonyl (C=O) groups is 1. The standard InChI is InChI=1S/C9H16O/c1-5-6-8(10)7-9(2,3)4/h5-6H,7H2,1-4H3/b6-5-. The van der Waals surface area contributed by atoms with Gasteiger partial charge < -0.3 is 0 Å². The molecular weight excluding hydrogens is 124 g/mol. The summed E-state index contributed by atoms with van der Waals surface area (Å²) in [5, 5.41) is 0. The lowest BCUT2D eigenvalue weighted by Gasteiger charge is -2.14. The van der Waals surface area contributed by atoms with E-state index in [9.17, 15) is 4.79 Å². The van der Waals surface area contributed by atoms with Crippen molar-refractivity contribution in [3.05, 3.63) is 12.2 Å². The van der Waals surface area contributed by atoms with Crippen molar-refractivity contribution in [3.8, 4) is 0 Å². The zero-order valence-corrected chi connectivity index (χ0v) is 7.27. The molecule has 0 aromatic rings. The van der Waals surface area contributed by atoms with Crippen LogP contribution < -0.4 is 0 Å². The molecule has 0 saturated carbocycles. The second-order valence-corrected chi connectivity index (χ2v) is 3.70. The van der Waals surface area contributed by atoms with Crippen LogP contribution in [0.1, 0.15) is 34.1 Å². The van der Waals surface area contributed by atoms with Crippen molar-refractivity contribution in [1.29, 1.82) is 0 Å². The fourth-order valence-electron chi connectivity index (χ4n) is 0.768. The molecule has 0 amide bonds. The Bertz CT molecular complexity index is 137. The SMILES string of the molecule is C/C=C\C(=O)CC(C)(C)C. The fraction of sp³-hybridized carbons (Fsp3) is 0.667. The summed E-state index contributed by atoms with van der Waals surface area (Å²) in [6.07, 6.45) is 4.05. The molecule has 0 aliphatic carbocycles. The maximum Gasteiger partial charge on any atom is 0.155 e. The van der Waals surface area contributed by atoms with Crippen molar-refractivity contribution in [1.82, 2.24) is 0 Å². The second kappa shape index (κ2) is 3.55. The average molecular weight is 140 g/mol. The van der Waals surface area contributed by atoms with Crippen molar-refractivity contribution in [2.75, 3.05) is 0 Å². The summed E-state index contributed by atoms with van der Waals surface area (Å²) in [4.78, 5) is 11.0. The topological polar surface area (TPSA) is 17.1 Å². The zero-order valence-electron chi connectivity index (χ0n) is 7.27. The predicted molar refractivity (Wildman–Crippen MR) is 43.9 cm³/mol. The Morgan fingerprint density at radius 1 is 1.40 bits per heavy atom. The molecular formula is C9H16O. The molecule has 58 valence electrons. The predicted octanol–water partition coefficient (Wildman–Crippen LogP) is 2.57. The third kappa shape index (κ3) is 5.54. The van der Waals surface area contributed by atoms with E-state index in [4.69, 9.17) is 0 Å². The molecule has 0 aromatic heterocycles. The Morgan fingerprint density at radius 2 is 1.90 bits per heavy atom. The maximum absolute atomic E-state index is 11.0. The number of hydrogen-bond donors (Lipinski definition) is 0. The van der Waals surface area contributed by atoms with Gasteiger partial charge in [0.15, 0.2) is 5.78 Å². The minimum absolute atomic E-state index is 0.122. The molecule has 0 heterocycles. The van der Waals surface area contributed by atoms with Gasteiger partial charge in [0.1, 0.15) is 0 Å². The molecule has 0 atom stereocenters. The van der Waals surface area contributed by atoms with Crippen LogP contribution in [0.5, 0.6) is 0 Å². The van der Waals surface area contributed by atoms with Crippen LogP contribution in [0.25, 0.3) is 0 Å². The van der Waals surface area contributed by atoms with Gasteiger partial charge in [0, 0.05) is 6.42 Å². The largest absolute Gasteiger partial charge is 0.295 e. The lowest BCUT2D eigenvalue weighted by atomic mass is 9.90. The molecule has 0 fully saturated rings. The lowest BCUT2D eigenvalue weighted by Crippen LogP contribution is -2.10. The third-order valence-electron chi connectivity index (χ3n) is 1.06. The van der Waals surface area contributed by atoms with Gasteiger partial charge in [0.25, 0.3) is 0 Å². The van der Waals surface area contributed by atoms with Gasteiger partial charge in [-0.25, -0.2) is 0 Å². The van der Waals surface area contributed by atoms with Crippen LogP contribution in [0.2, 0.25) is 0 Å². The maximum atomic E-state index is 11.0. The Morgan fingerprint density at radius 3 is 2.20 bits per heavy atom. The van der Waals surface area contributed by atoms with E-state index in [-0.39, 0.29) is 11.2 Å². The molecule has 0 unspecified atom stereocenters. The number of allylic oxidation sites excluding steroid dienone is 2. The lowest BCUT2D eigenvalue weighted by molar-refractivity contribution is -0.116.